The summed E-state index contributed by atoms with van der Waals surface area (Å²) >= 11 is 0. The fraction of sp³-hybridized carbons (Fsp3) is 0.500. The molecular weight excluding hydrogens is 190 g/mol. The van der Waals surface area contributed by atoms with Crippen LogP contribution in [-0.2, 0) is 0 Å². The maximum atomic E-state index is 9.37. The van der Waals surface area contributed by atoms with E-state index in [0.29, 0.717) is 13.2 Å². The van der Waals surface area contributed by atoms with Crippen LogP contribution in [0.5, 0.6) is 5.75 Å². The Morgan fingerprint density at radius 1 is 1.27 bits per heavy atom. The number of benzene rings is 1. The second-order valence-corrected chi connectivity index (χ2v) is 3.98. The van der Waals surface area contributed by atoms with Crippen LogP contribution in [0.15, 0.2) is 12.1 Å². The summed E-state index contributed by atoms with van der Waals surface area (Å²) in [5, 5.41) is 9.37. The minimum absolute atomic E-state index is 0.314. The second kappa shape index (κ2) is 5.14. The Bertz CT molecular complexity index is 313. The van der Waals surface area contributed by atoms with Crippen molar-refractivity contribution in [2.45, 2.75) is 26.9 Å². The summed E-state index contributed by atoms with van der Waals surface area (Å²) in [6.07, 6.45) is -0.481. The van der Waals surface area contributed by atoms with Gasteiger partial charge in [-0.05, 0) is 31.9 Å². The van der Waals surface area contributed by atoms with E-state index in [-0.39, 0.29) is 0 Å². The fourth-order valence-corrected chi connectivity index (χ4v) is 1.66. The molecule has 0 fully saturated rings. The van der Waals surface area contributed by atoms with Crippen molar-refractivity contribution >= 4 is 0 Å². The normalized spacial score (nSPS) is 12.6. The van der Waals surface area contributed by atoms with Crippen molar-refractivity contribution in [2.75, 3.05) is 13.2 Å². The zero-order chi connectivity index (χ0) is 11.4. The van der Waals surface area contributed by atoms with E-state index in [1.165, 1.54) is 5.56 Å². The molecule has 0 aliphatic rings. The molecule has 1 atom stereocenters. The first-order chi connectivity index (χ1) is 7.04. The van der Waals surface area contributed by atoms with E-state index >= 15 is 0 Å². The number of rotatable bonds is 4. The highest BCUT2D eigenvalue weighted by Crippen LogP contribution is 2.24. The van der Waals surface area contributed by atoms with Crippen LogP contribution in [0.1, 0.15) is 16.7 Å². The molecule has 0 saturated heterocycles. The van der Waals surface area contributed by atoms with Crippen LogP contribution in [0, 0.1) is 20.8 Å². The lowest BCUT2D eigenvalue weighted by Crippen LogP contribution is -2.56. The van der Waals surface area contributed by atoms with Gasteiger partial charge in [0.05, 0.1) is 0 Å². The minimum atomic E-state index is -0.481. The van der Waals surface area contributed by atoms with Crippen molar-refractivity contribution in [3.05, 3.63) is 28.8 Å². The third-order valence-corrected chi connectivity index (χ3v) is 2.36. The lowest BCUT2D eigenvalue weighted by Gasteiger charge is -2.14. The molecule has 84 valence electrons. The van der Waals surface area contributed by atoms with Gasteiger partial charge >= 0.3 is 0 Å². The van der Waals surface area contributed by atoms with Gasteiger partial charge in [-0.25, -0.2) is 0 Å². The van der Waals surface area contributed by atoms with Gasteiger partial charge in [0, 0.05) is 0 Å². The molecular formula is C12H20NO2+. The molecule has 0 radical (unpaired) electrons. The Morgan fingerprint density at radius 2 is 1.80 bits per heavy atom. The van der Waals surface area contributed by atoms with Crippen LogP contribution in [0.2, 0.25) is 0 Å². The Kier molecular flexibility index (Phi) is 4.12. The van der Waals surface area contributed by atoms with Crippen LogP contribution >= 0.6 is 0 Å². The van der Waals surface area contributed by atoms with E-state index in [1.54, 1.807) is 0 Å². The van der Waals surface area contributed by atoms with Crippen molar-refractivity contribution in [1.29, 1.82) is 0 Å². The summed E-state index contributed by atoms with van der Waals surface area (Å²) in [6.45, 7) is 6.89. The Labute approximate surface area is 90.9 Å². The van der Waals surface area contributed by atoms with Crippen molar-refractivity contribution in [3.63, 3.8) is 0 Å². The molecule has 0 aliphatic heterocycles. The molecule has 0 unspecified atom stereocenters. The van der Waals surface area contributed by atoms with Crippen molar-refractivity contribution in [1.82, 2.24) is 0 Å². The molecule has 3 heteroatoms. The highest BCUT2D eigenvalue weighted by atomic mass is 16.5. The zero-order valence-corrected chi connectivity index (χ0v) is 9.71. The first-order valence-electron chi connectivity index (χ1n) is 5.22. The van der Waals surface area contributed by atoms with Crippen molar-refractivity contribution in [3.8, 4) is 5.75 Å². The highest BCUT2D eigenvalue weighted by Gasteiger charge is 2.08. The summed E-state index contributed by atoms with van der Waals surface area (Å²) in [4.78, 5) is 0. The molecule has 1 aromatic rings. The van der Waals surface area contributed by atoms with E-state index in [9.17, 15) is 5.11 Å². The van der Waals surface area contributed by atoms with Gasteiger partial charge in [-0.15, -0.1) is 0 Å². The molecule has 0 heterocycles. The Morgan fingerprint density at radius 3 is 2.27 bits per heavy atom. The first kappa shape index (κ1) is 12.0. The minimum Gasteiger partial charge on any atom is -0.490 e. The predicted octanol–water partition coefficient (Wildman–Crippen LogP) is 0.593. The van der Waals surface area contributed by atoms with E-state index in [1.807, 2.05) is 13.8 Å². The van der Waals surface area contributed by atoms with Crippen LogP contribution in [0.4, 0.5) is 0 Å². The molecule has 0 spiro atoms. The number of hydrogen-bond acceptors (Lipinski definition) is 2. The van der Waals surface area contributed by atoms with Gasteiger partial charge in [-0.3, -0.25) is 0 Å². The largest absolute Gasteiger partial charge is 0.490 e. The quantitative estimate of drug-likeness (QED) is 0.764. The average Bonchev–Trinajstić information content (AvgIpc) is 2.15. The van der Waals surface area contributed by atoms with Crippen LogP contribution in [-0.4, -0.2) is 24.4 Å². The number of aliphatic hydroxyl groups excluding tert-OH is 1. The number of aryl methyl sites for hydroxylation is 3. The third kappa shape index (κ3) is 3.22. The van der Waals surface area contributed by atoms with E-state index in [2.05, 4.69) is 24.8 Å². The van der Waals surface area contributed by atoms with Gasteiger partial charge in [-0.2, -0.15) is 0 Å². The first-order valence-corrected chi connectivity index (χ1v) is 5.22. The van der Waals surface area contributed by atoms with Crippen LogP contribution in [0.3, 0.4) is 0 Å². The van der Waals surface area contributed by atoms with Gasteiger partial charge in [0.2, 0.25) is 0 Å². The number of hydrogen-bond donors (Lipinski definition) is 2. The Hall–Kier alpha value is -1.06. The molecule has 0 bridgehead atoms. The SMILES string of the molecule is Cc1cc(C)c(OC[C@@H](O)C[NH3+])c(C)c1. The molecule has 15 heavy (non-hydrogen) atoms. The molecule has 1 aromatic carbocycles. The predicted molar refractivity (Wildman–Crippen MR) is 59.9 cm³/mol. The lowest BCUT2D eigenvalue weighted by atomic mass is 10.1. The topological polar surface area (TPSA) is 57.1 Å². The molecule has 0 aliphatic carbocycles. The van der Waals surface area contributed by atoms with Gasteiger partial charge in [-0.1, -0.05) is 17.7 Å². The highest BCUT2D eigenvalue weighted by molar-refractivity contribution is 5.42. The number of ether oxygens (including phenoxy) is 1. The molecule has 3 nitrogen and oxygen atoms in total. The molecule has 1 rings (SSSR count). The van der Waals surface area contributed by atoms with E-state index in [4.69, 9.17) is 4.74 Å². The second-order valence-electron chi connectivity index (χ2n) is 3.98. The molecule has 0 amide bonds. The maximum absolute atomic E-state index is 9.37. The average molecular weight is 210 g/mol. The standard InChI is InChI=1S/C12H19NO2/c1-8-4-9(2)12(10(3)5-8)15-7-11(14)6-13/h4-5,11,14H,6-7,13H2,1-3H3/p+1/t11-/m0/s1. The maximum Gasteiger partial charge on any atom is 0.136 e. The van der Waals surface area contributed by atoms with Gasteiger partial charge in [0.25, 0.3) is 0 Å². The van der Waals surface area contributed by atoms with Crippen molar-refractivity contribution < 1.29 is 15.6 Å². The summed E-state index contributed by atoms with van der Waals surface area (Å²) < 4.78 is 5.59. The summed E-state index contributed by atoms with van der Waals surface area (Å²) in [6, 6.07) is 4.16. The van der Waals surface area contributed by atoms with Gasteiger partial charge in [0.15, 0.2) is 0 Å². The monoisotopic (exact) mass is 210 g/mol. The summed E-state index contributed by atoms with van der Waals surface area (Å²) in [5.41, 5.74) is 7.09. The van der Waals surface area contributed by atoms with Crippen LogP contribution < -0.4 is 10.5 Å². The van der Waals surface area contributed by atoms with Gasteiger partial charge < -0.3 is 15.6 Å². The molecule has 4 N–H and O–H groups in total. The smallest absolute Gasteiger partial charge is 0.136 e. The summed E-state index contributed by atoms with van der Waals surface area (Å²) in [5.74, 6) is 0.883. The number of quaternary nitrogens is 1. The van der Waals surface area contributed by atoms with Crippen LogP contribution in [0.25, 0.3) is 0 Å². The molecule has 0 saturated carbocycles. The van der Waals surface area contributed by atoms with Gasteiger partial charge in [0.1, 0.15) is 25.0 Å². The zero-order valence-electron chi connectivity index (χ0n) is 9.71. The number of aliphatic hydroxyl groups is 1. The van der Waals surface area contributed by atoms with E-state index < -0.39 is 6.10 Å². The van der Waals surface area contributed by atoms with Crippen molar-refractivity contribution in [2.24, 2.45) is 0 Å². The Balaban J connectivity index is 2.77. The summed E-state index contributed by atoms with van der Waals surface area (Å²) in [7, 11) is 0. The molecule has 0 aromatic heterocycles. The lowest BCUT2D eigenvalue weighted by molar-refractivity contribution is -0.384. The van der Waals surface area contributed by atoms with E-state index in [0.717, 1.165) is 16.9 Å². The third-order valence-electron chi connectivity index (χ3n) is 2.36. The fourth-order valence-electron chi connectivity index (χ4n) is 1.66.